The molecule has 0 unspecified atom stereocenters. The second-order valence-electron chi connectivity index (χ2n) is 4.84. The van der Waals surface area contributed by atoms with E-state index in [1.54, 1.807) is 31.2 Å². The minimum Gasteiger partial charge on any atom is -0.492 e. The van der Waals surface area contributed by atoms with Crippen molar-refractivity contribution in [2.75, 3.05) is 25.1 Å². The van der Waals surface area contributed by atoms with E-state index in [0.29, 0.717) is 31.0 Å². The summed E-state index contributed by atoms with van der Waals surface area (Å²) in [7, 11) is 0. The van der Waals surface area contributed by atoms with E-state index in [-0.39, 0.29) is 12.0 Å². The summed E-state index contributed by atoms with van der Waals surface area (Å²) in [6.07, 6.45) is 0. The summed E-state index contributed by atoms with van der Waals surface area (Å²) < 4.78 is 10.4. The van der Waals surface area contributed by atoms with Crippen LogP contribution in [0.5, 0.6) is 5.75 Å². The highest BCUT2D eigenvalue weighted by Crippen LogP contribution is 2.10. The van der Waals surface area contributed by atoms with E-state index in [0.717, 1.165) is 5.75 Å². The summed E-state index contributed by atoms with van der Waals surface area (Å²) in [4.78, 5) is 23.3. The second-order valence-corrected chi connectivity index (χ2v) is 4.84. The first-order chi connectivity index (χ1) is 11.7. The van der Waals surface area contributed by atoms with Crippen molar-refractivity contribution >= 4 is 17.7 Å². The molecule has 0 aliphatic carbocycles. The molecule has 0 saturated heterocycles. The lowest BCUT2D eigenvalue weighted by Crippen LogP contribution is -2.32. The Hall–Kier alpha value is -3.02. The zero-order valence-corrected chi connectivity index (χ0v) is 13.5. The van der Waals surface area contributed by atoms with Crippen molar-refractivity contribution < 1.29 is 19.1 Å². The van der Waals surface area contributed by atoms with Crippen molar-refractivity contribution in [1.82, 2.24) is 5.32 Å². The van der Waals surface area contributed by atoms with Crippen molar-refractivity contribution in [2.24, 2.45) is 0 Å². The number of carbonyl (C=O) groups excluding carboxylic acids is 2. The summed E-state index contributed by atoms with van der Waals surface area (Å²) in [6, 6.07) is 15.5. The van der Waals surface area contributed by atoms with Gasteiger partial charge in [-0.3, -0.25) is 0 Å². The Balaban J connectivity index is 1.71. The van der Waals surface area contributed by atoms with E-state index in [4.69, 9.17) is 9.47 Å². The van der Waals surface area contributed by atoms with Crippen LogP contribution in [0.2, 0.25) is 0 Å². The van der Waals surface area contributed by atoms with E-state index in [1.165, 1.54) is 0 Å². The molecule has 2 rings (SSSR count). The maximum absolute atomic E-state index is 11.8. The quantitative estimate of drug-likeness (QED) is 0.605. The molecule has 0 aliphatic rings. The first kappa shape index (κ1) is 17.3. The number of carbonyl (C=O) groups is 2. The smallest absolute Gasteiger partial charge is 0.338 e. The molecule has 0 radical (unpaired) electrons. The fourth-order valence-corrected chi connectivity index (χ4v) is 1.93. The van der Waals surface area contributed by atoms with Gasteiger partial charge in [-0.15, -0.1) is 0 Å². The van der Waals surface area contributed by atoms with E-state index in [9.17, 15) is 9.59 Å². The monoisotopic (exact) mass is 328 g/mol. The van der Waals surface area contributed by atoms with E-state index < -0.39 is 0 Å². The van der Waals surface area contributed by atoms with Gasteiger partial charge in [0.1, 0.15) is 12.4 Å². The minimum atomic E-state index is -0.383. The largest absolute Gasteiger partial charge is 0.492 e. The van der Waals surface area contributed by atoms with Gasteiger partial charge in [0.25, 0.3) is 0 Å². The number of ether oxygens (including phenoxy) is 2. The molecule has 0 heterocycles. The molecule has 0 atom stereocenters. The molecule has 2 aromatic rings. The lowest BCUT2D eigenvalue weighted by atomic mass is 10.2. The van der Waals surface area contributed by atoms with Crippen LogP contribution >= 0.6 is 0 Å². The maximum Gasteiger partial charge on any atom is 0.338 e. The van der Waals surface area contributed by atoms with Crippen molar-refractivity contribution in [2.45, 2.75) is 6.92 Å². The number of para-hydroxylation sites is 1. The molecule has 0 bridgehead atoms. The molecule has 2 amide bonds. The van der Waals surface area contributed by atoms with Crippen LogP contribution in [0.1, 0.15) is 17.3 Å². The molecular formula is C18H20N2O4. The highest BCUT2D eigenvalue weighted by molar-refractivity contribution is 5.92. The Kier molecular flexibility index (Phi) is 6.64. The zero-order chi connectivity index (χ0) is 17.2. The number of hydrogen-bond donors (Lipinski definition) is 2. The minimum absolute atomic E-state index is 0.326. The van der Waals surface area contributed by atoms with Gasteiger partial charge in [-0.05, 0) is 43.3 Å². The second kappa shape index (κ2) is 9.19. The van der Waals surface area contributed by atoms with E-state index in [1.807, 2.05) is 30.3 Å². The Morgan fingerprint density at radius 2 is 1.71 bits per heavy atom. The third-order valence-electron chi connectivity index (χ3n) is 3.05. The van der Waals surface area contributed by atoms with Crippen LogP contribution in [0.15, 0.2) is 54.6 Å². The summed E-state index contributed by atoms with van der Waals surface area (Å²) >= 11 is 0. The van der Waals surface area contributed by atoms with Crippen LogP contribution in [-0.2, 0) is 4.74 Å². The molecule has 6 heteroatoms. The molecule has 2 aromatic carbocycles. The van der Waals surface area contributed by atoms with Crippen molar-refractivity contribution in [3.8, 4) is 5.75 Å². The first-order valence-corrected chi connectivity index (χ1v) is 7.69. The number of hydrogen-bond acceptors (Lipinski definition) is 4. The Morgan fingerprint density at radius 3 is 2.38 bits per heavy atom. The topological polar surface area (TPSA) is 76.7 Å². The fourth-order valence-electron chi connectivity index (χ4n) is 1.93. The number of urea groups is 1. The molecule has 2 N–H and O–H groups in total. The van der Waals surface area contributed by atoms with Crippen molar-refractivity contribution in [3.05, 3.63) is 60.2 Å². The SMILES string of the molecule is CCOC(=O)c1ccc(NC(=O)NCCOc2ccccc2)cc1. The predicted molar refractivity (Wildman–Crippen MR) is 91.4 cm³/mol. The number of rotatable bonds is 7. The summed E-state index contributed by atoms with van der Waals surface area (Å²) in [5.74, 6) is 0.376. The lowest BCUT2D eigenvalue weighted by Gasteiger charge is -2.09. The molecule has 126 valence electrons. The van der Waals surface area contributed by atoms with Gasteiger partial charge in [0, 0.05) is 5.69 Å². The van der Waals surface area contributed by atoms with Gasteiger partial charge in [-0.25, -0.2) is 9.59 Å². The molecule has 24 heavy (non-hydrogen) atoms. The first-order valence-electron chi connectivity index (χ1n) is 7.69. The van der Waals surface area contributed by atoms with Gasteiger partial charge in [0.05, 0.1) is 18.7 Å². The molecule has 0 aliphatic heterocycles. The van der Waals surface area contributed by atoms with Crippen LogP contribution in [0.3, 0.4) is 0 Å². The molecule has 0 spiro atoms. The number of nitrogens with one attached hydrogen (secondary N) is 2. The normalized spacial score (nSPS) is 9.88. The maximum atomic E-state index is 11.8. The van der Waals surface area contributed by atoms with Gasteiger partial charge < -0.3 is 20.1 Å². The lowest BCUT2D eigenvalue weighted by molar-refractivity contribution is 0.0526. The van der Waals surface area contributed by atoms with Gasteiger partial charge in [-0.1, -0.05) is 18.2 Å². The summed E-state index contributed by atoms with van der Waals surface area (Å²) in [5, 5.41) is 5.37. The fraction of sp³-hybridized carbons (Fsp3) is 0.222. The number of benzene rings is 2. The average Bonchev–Trinajstić information content (AvgIpc) is 2.60. The zero-order valence-electron chi connectivity index (χ0n) is 13.5. The Morgan fingerprint density at radius 1 is 1.00 bits per heavy atom. The molecule has 6 nitrogen and oxygen atoms in total. The van der Waals surface area contributed by atoms with Crippen molar-refractivity contribution in [1.29, 1.82) is 0 Å². The van der Waals surface area contributed by atoms with E-state index in [2.05, 4.69) is 10.6 Å². The predicted octanol–water partition coefficient (Wildman–Crippen LogP) is 3.06. The third-order valence-corrected chi connectivity index (χ3v) is 3.05. The number of anilines is 1. The molecule has 0 saturated carbocycles. The third kappa shape index (κ3) is 5.64. The number of amides is 2. The highest BCUT2D eigenvalue weighted by Gasteiger charge is 2.06. The molecular weight excluding hydrogens is 308 g/mol. The van der Waals surface area contributed by atoms with Crippen LogP contribution in [-0.4, -0.2) is 31.8 Å². The number of esters is 1. The molecule has 0 aromatic heterocycles. The van der Waals surface area contributed by atoms with Crippen LogP contribution in [0.25, 0.3) is 0 Å². The summed E-state index contributed by atoms with van der Waals surface area (Å²) in [6.45, 7) is 2.83. The van der Waals surface area contributed by atoms with Gasteiger partial charge >= 0.3 is 12.0 Å². The Bertz CT molecular complexity index is 656. The summed E-state index contributed by atoms with van der Waals surface area (Å²) in [5.41, 5.74) is 1.03. The molecule has 0 fully saturated rings. The van der Waals surface area contributed by atoms with Gasteiger partial charge in [-0.2, -0.15) is 0 Å². The Labute approximate surface area is 140 Å². The van der Waals surface area contributed by atoms with Crippen LogP contribution in [0.4, 0.5) is 10.5 Å². The van der Waals surface area contributed by atoms with Gasteiger partial charge in [0.15, 0.2) is 0 Å². The average molecular weight is 328 g/mol. The highest BCUT2D eigenvalue weighted by atomic mass is 16.5. The van der Waals surface area contributed by atoms with Gasteiger partial charge in [0.2, 0.25) is 0 Å². The van der Waals surface area contributed by atoms with Crippen molar-refractivity contribution in [3.63, 3.8) is 0 Å². The van der Waals surface area contributed by atoms with Crippen LogP contribution < -0.4 is 15.4 Å². The van der Waals surface area contributed by atoms with E-state index >= 15 is 0 Å². The van der Waals surface area contributed by atoms with Crippen LogP contribution in [0, 0.1) is 0 Å². The standard InChI is InChI=1S/C18H20N2O4/c1-2-23-17(21)14-8-10-15(11-9-14)20-18(22)19-12-13-24-16-6-4-3-5-7-16/h3-11H,2,12-13H2,1H3,(H2,19,20,22).